The highest BCUT2D eigenvalue weighted by Crippen LogP contribution is 2.25. The highest BCUT2D eigenvalue weighted by Gasteiger charge is 2.43. The van der Waals surface area contributed by atoms with Crippen molar-refractivity contribution < 1.29 is 23.1 Å². The number of likely N-dealkylation sites (N-methyl/N-ethyl adjacent to an activating group) is 1. The number of sulfonamides is 1. The van der Waals surface area contributed by atoms with E-state index in [0.29, 0.717) is 5.82 Å². The van der Waals surface area contributed by atoms with Crippen molar-refractivity contribution in [1.29, 1.82) is 0 Å². The number of carboxylic acids is 1. The number of aromatic amines is 1. The lowest BCUT2D eigenvalue weighted by Gasteiger charge is -2.27. The number of nitrogens with one attached hydrogen (secondary N) is 1. The molecule has 9 heteroatoms. The van der Waals surface area contributed by atoms with Crippen molar-refractivity contribution in [2.24, 2.45) is 5.92 Å². The Kier molecular flexibility index (Phi) is 4.11. The van der Waals surface area contributed by atoms with Crippen molar-refractivity contribution >= 4 is 16.0 Å². The molecule has 1 aliphatic rings. The lowest BCUT2D eigenvalue weighted by atomic mass is 10.0. The molecule has 2 rings (SSSR count). The van der Waals surface area contributed by atoms with Crippen LogP contribution in [0.15, 0.2) is 11.2 Å². The Morgan fingerprint density at radius 2 is 2.30 bits per heavy atom. The van der Waals surface area contributed by atoms with Crippen LogP contribution in [0.1, 0.15) is 12.7 Å². The Hall–Kier alpha value is -1.45. The number of H-pyrrole nitrogens is 1. The van der Waals surface area contributed by atoms with Crippen LogP contribution in [0.5, 0.6) is 0 Å². The molecule has 2 N–H and O–H groups in total. The smallest absolute Gasteiger partial charge is 0.310 e. The maximum Gasteiger partial charge on any atom is 0.310 e. The highest BCUT2D eigenvalue weighted by molar-refractivity contribution is 7.89. The molecule has 1 saturated heterocycles. The molecule has 1 aliphatic heterocycles. The van der Waals surface area contributed by atoms with Gasteiger partial charge >= 0.3 is 5.97 Å². The first kappa shape index (κ1) is 14.9. The predicted octanol–water partition coefficient (Wildman–Crippen LogP) is -0.172. The molecular weight excluding hydrogens is 286 g/mol. The number of rotatable bonds is 5. The van der Waals surface area contributed by atoms with Crippen LogP contribution in [0.4, 0.5) is 0 Å². The van der Waals surface area contributed by atoms with Crippen molar-refractivity contribution in [3.05, 3.63) is 12.0 Å². The van der Waals surface area contributed by atoms with Crippen LogP contribution in [0.2, 0.25) is 0 Å². The normalized spacial score (nSPS) is 23.4. The first-order valence-electron chi connectivity index (χ1n) is 6.22. The van der Waals surface area contributed by atoms with Crippen LogP contribution >= 0.6 is 0 Å². The molecule has 0 spiro atoms. The minimum absolute atomic E-state index is 0.0218. The fraction of sp³-hybridized carbons (Fsp3) is 0.636. The number of aromatic nitrogens is 2. The zero-order chi connectivity index (χ0) is 14.9. The summed E-state index contributed by atoms with van der Waals surface area (Å²) in [5, 5.41) is 9.11. The molecule has 0 saturated carbocycles. The van der Waals surface area contributed by atoms with Crippen molar-refractivity contribution in [3.8, 4) is 0 Å². The Morgan fingerprint density at radius 1 is 1.60 bits per heavy atom. The maximum atomic E-state index is 12.5. The molecule has 0 bridgehead atoms. The summed E-state index contributed by atoms with van der Waals surface area (Å²) in [6, 6.07) is -0.703. The van der Waals surface area contributed by atoms with E-state index in [2.05, 4.69) is 9.97 Å². The monoisotopic (exact) mass is 303 g/mol. The predicted molar refractivity (Wildman–Crippen MR) is 68.6 cm³/mol. The third-order valence-electron chi connectivity index (χ3n) is 3.32. The van der Waals surface area contributed by atoms with E-state index in [4.69, 9.17) is 9.84 Å². The SMILES string of the molecule is CCN(C1COCC1C(=O)O)S(=O)(=O)c1cnc(C)[nH]1. The van der Waals surface area contributed by atoms with E-state index in [0.717, 1.165) is 4.31 Å². The fourth-order valence-electron chi connectivity index (χ4n) is 2.30. The summed E-state index contributed by atoms with van der Waals surface area (Å²) in [7, 11) is -3.81. The molecule has 1 fully saturated rings. The average Bonchev–Trinajstić information content (AvgIpc) is 2.98. The number of carboxylic acid groups (broad SMARTS) is 1. The van der Waals surface area contributed by atoms with Gasteiger partial charge in [-0.1, -0.05) is 6.92 Å². The van der Waals surface area contributed by atoms with Crippen molar-refractivity contribution in [2.75, 3.05) is 19.8 Å². The zero-order valence-corrected chi connectivity index (χ0v) is 12.1. The van der Waals surface area contributed by atoms with Crippen LogP contribution in [-0.2, 0) is 19.6 Å². The molecule has 2 heterocycles. The summed E-state index contributed by atoms with van der Waals surface area (Å²) in [5.41, 5.74) is 0. The maximum absolute atomic E-state index is 12.5. The van der Waals surface area contributed by atoms with Gasteiger partial charge < -0.3 is 14.8 Å². The van der Waals surface area contributed by atoms with E-state index in [1.807, 2.05) is 0 Å². The van der Waals surface area contributed by atoms with Gasteiger partial charge in [0.1, 0.15) is 5.82 Å². The second-order valence-corrected chi connectivity index (χ2v) is 6.45. The first-order valence-corrected chi connectivity index (χ1v) is 7.66. The average molecular weight is 303 g/mol. The van der Waals surface area contributed by atoms with E-state index in [1.165, 1.54) is 6.20 Å². The zero-order valence-electron chi connectivity index (χ0n) is 11.2. The quantitative estimate of drug-likeness (QED) is 0.781. The van der Waals surface area contributed by atoms with Crippen LogP contribution in [0, 0.1) is 12.8 Å². The highest BCUT2D eigenvalue weighted by atomic mass is 32.2. The number of aryl methyl sites for hydroxylation is 1. The van der Waals surface area contributed by atoms with Crippen LogP contribution in [0.3, 0.4) is 0 Å². The van der Waals surface area contributed by atoms with Gasteiger partial charge in [0, 0.05) is 6.54 Å². The lowest BCUT2D eigenvalue weighted by molar-refractivity contribution is -0.142. The Bertz CT molecular complexity index is 597. The number of aliphatic carboxylic acids is 1. The molecule has 1 aromatic heterocycles. The number of nitrogens with zero attached hydrogens (tertiary/aromatic N) is 2. The number of hydrogen-bond donors (Lipinski definition) is 2. The lowest BCUT2D eigenvalue weighted by Crippen LogP contribution is -2.46. The van der Waals surface area contributed by atoms with Crippen molar-refractivity contribution in [3.63, 3.8) is 0 Å². The van der Waals surface area contributed by atoms with Crippen molar-refractivity contribution in [2.45, 2.75) is 24.9 Å². The van der Waals surface area contributed by atoms with E-state index >= 15 is 0 Å². The second kappa shape index (κ2) is 5.51. The number of imidazole rings is 1. The Morgan fingerprint density at radius 3 is 2.80 bits per heavy atom. The van der Waals surface area contributed by atoms with E-state index in [-0.39, 0.29) is 24.8 Å². The molecule has 20 heavy (non-hydrogen) atoms. The molecule has 0 aliphatic carbocycles. The third kappa shape index (κ3) is 2.56. The van der Waals surface area contributed by atoms with Gasteiger partial charge in [-0.2, -0.15) is 4.31 Å². The summed E-state index contributed by atoms with van der Waals surface area (Å²) in [6.45, 7) is 3.58. The molecule has 1 aromatic rings. The van der Waals surface area contributed by atoms with Gasteiger partial charge in [-0.05, 0) is 6.92 Å². The van der Waals surface area contributed by atoms with Crippen molar-refractivity contribution in [1.82, 2.24) is 14.3 Å². The van der Waals surface area contributed by atoms with Crippen LogP contribution in [0.25, 0.3) is 0 Å². The summed E-state index contributed by atoms with van der Waals surface area (Å²) in [5.74, 6) is -1.42. The van der Waals surface area contributed by atoms with Gasteiger partial charge in [-0.3, -0.25) is 4.79 Å². The minimum Gasteiger partial charge on any atom is -0.481 e. The number of ether oxygens (including phenoxy) is 1. The second-order valence-electron chi connectivity index (χ2n) is 4.59. The number of hydrogen-bond acceptors (Lipinski definition) is 5. The Labute approximate surface area is 116 Å². The van der Waals surface area contributed by atoms with Gasteiger partial charge in [0.2, 0.25) is 0 Å². The third-order valence-corrected chi connectivity index (χ3v) is 5.23. The standard InChI is InChI=1S/C11H17N3O5S/c1-3-14(9-6-19-5-8(9)11(15)16)20(17,18)10-4-12-7(2)13-10/h4,8-9H,3,5-6H2,1-2H3,(H,12,13)(H,15,16). The fourth-order valence-corrected chi connectivity index (χ4v) is 3.92. The van der Waals surface area contributed by atoms with Crippen LogP contribution < -0.4 is 0 Å². The van der Waals surface area contributed by atoms with E-state index in [9.17, 15) is 13.2 Å². The topological polar surface area (TPSA) is 113 Å². The van der Waals surface area contributed by atoms with E-state index in [1.54, 1.807) is 13.8 Å². The summed E-state index contributed by atoms with van der Waals surface area (Å²) in [4.78, 5) is 17.7. The molecule has 2 atom stereocenters. The van der Waals surface area contributed by atoms with Crippen LogP contribution in [-0.4, -0.2) is 59.6 Å². The number of carbonyl (C=O) groups is 1. The van der Waals surface area contributed by atoms with Gasteiger partial charge in [0.15, 0.2) is 5.03 Å². The van der Waals surface area contributed by atoms with E-state index < -0.39 is 28.0 Å². The summed E-state index contributed by atoms with van der Waals surface area (Å²) < 4.78 is 31.4. The molecule has 0 amide bonds. The van der Waals surface area contributed by atoms with Gasteiger partial charge in [-0.25, -0.2) is 13.4 Å². The van der Waals surface area contributed by atoms with Gasteiger partial charge in [0.05, 0.1) is 31.4 Å². The van der Waals surface area contributed by atoms with Gasteiger partial charge in [-0.15, -0.1) is 0 Å². The molecule has 2 unspecified atom stereocenters. The largest absolute Gasteiger partial charge is 0.481 e. The molecular formula is C11H17N3O5S. The Balaban J connectivity index is 2.34. The molecule has 0 radical (unpaired) electrons. The minimum atomic E-state index is -3.81. The summed E-state index contributed by atoms with van der Waals surface area (Å²) >= 11 is 0. The first-order chi connectivity index (χ1) is 9.37. The molecule has 0 aromatic carbocycles. The molecule has 8 nitrogen and oxygen atoms in total. The summed E-state index contributed by atoms with van der Waals surface area (Å²) in [6.07, 6.45) is 1.24. The molecule has 112 valence electrons. The van der Waals surface area contributed by atoms with Gasteiger partial charge in [0.25, 0.3) is 10.0 Å².